The van der Waals surface area contributed by atoms with Gasteiger partial charge in [-0.15, -0.1) is 0 Å². The van der Waals surface area contributed by atoms with Crippen LogP contribution in [0, 0.1) is 10.1 Å². The number of esters is 1. The maximum atomic E-state index is 12.4. The molecule has 1 aliphatic heterocycles. The molecule has 0 N–H and O–H groups in total. The van der Waals surface area contributed by atoms with Gasteiger partial charge in [0.15, 0.2) is 17.2 Å². The number of carbonyl (C=O) groups excluding carboxylic acids is 1. The zero-order valence-electron chi connectivity index (χ0n) is 18.4. The Morgan fingerprint density at radius 2 is 1.94 bits per heavy atom. The zero-order valence-corrected chi connectivity index (χ0v) is 20.7. The van der Waals surface area contributed by atoms with Gasteiger partial charge < -0.3 is 14.2 Å². The highest BCUT2D eigenvalue weighted by molar-refractivity contribution is 9.10. The van der Waals surface area contributed by atoms with E-state index in [0.717, 1.165) is 10.0 Å². The maximum Gasteiger partial charge on any atom is 0.363 e. The van der Waals surface area contributed by atoms with Crippen molar-refractivity contribution in [3.8, 4) is 11.5 Å². The molecule has 1 heterocycles. The summed E-state index contributed by atoms with van der Waals surface area (Å²) < 4.78 is 17.9. The lowest BCUT2D eigenvalue weighted by atomic mass is 10.1. The summed E-state index contributed by atoms with van der Waals surface area (Å²) >= 11 is 9.58. The van der Waals surface area contributed by atoms with Gasteiger partial charge in [-0.25, -0.2) is 9.79 Å². The van der Waals surface area contributed by atoms with Gasteiger partial charge in [0, 0.05) is 16.6 Å². The third kappa shape index (κ3) is 5.87. The molecule has 8 nitrogen and oxygen atoms in total. The lowest BCUT2D eigenvalue weighted by molar-refractivity contribution is -0.384. The molecule has 0 spiro atoms. The molecule has 10 heteroatoms. The van der Waals surface area contributed by atoms with E-state index in [0.29, 0.717) is 30.3 Å². The first-order chi connectivity index (χ1) is 16.8. The normalized spacial score (nSPS) is 14.0. The molecule has 0 saturated carbocycles. The molecule has 0 fully saturated rings. The number of rotatable bonds is 8. The van der Waals surface area contributed by atoms with E-state index in [1.54, 1.807) is 24.3 Å². The van der Waals surface area contributed by atoms with Crippen LogP contribution in [0.15, 0.2) is 75.8 Å². The summed E-state index contributed by atoms with van der Waals surface area (Å²) in [6.45, 7) is 2.65. The molecule has 0 aliphatic carbocycles. The van der Waals surface area contributed by atoms with Crippen LogP contribution in [-0.4, -0.2) is 23.4 Å². The molecule has 4 rings (SSSR count). The molecule has 3 aromatic rings. The molecule has 1 aliphatic rings. The smallest absolute Gasteiger partial charge is 0.363 e. The van der Waals surface area contributed by atoms with Crippen LogP contribution in [-0.2, 0) is 16.1 Å². The number of hydrogen-bond donors (Lipinski definition) is 0. The van der Waals surface area contributed by atoms with E-state index in [2.05, 4.69) is 20.9 Å². The number of nitro groups is 1. The summed E-state index contributed by atoms with van der Waals surface area (Å²) in [4.78, 5) is 27.0. The Kier molecular flexibility index (Phi) is 7.48. The van der Waals surface area contributed by atoms with Crippen molar-refractivity contribution >= 4 is 51.2 Å². The third-order valence-corrected chi connectivity index (χ3v) is 5.67. The van der Waals surface area contributed by atoms with Crippen molar-refractivity contribution in [2.45, 2.75) is 13.5 Å². The number of cyclic esters (lactones) is 1. The Balaban J connectivity index is 1.57. The Hall–Kier alpha value is -3.69. The lowest BCUT2D eigenvalue weighted by Crippen LogP contribution is -2.06. The van der Waals surface area contributed by atoms with Crippen LogP contribution in [0.1, 0.15) is 23.6 Å². The topological polar surface area (TPSA) is 100 Å². The first-order valence-electron chi connectivity index (χ1n) is 10.4. The first kappa shape index (κ1) is 24.4. The molecule has 0 aromatic heterocycles. The largest absolute Gasteiger partial charge is 0.490 e. The van der Waals surface area contributed by atoms with E-state index < -0.39 is 10.9 Å². The summed E-state index contributed by atoms with van der Waals surface area (Å²) in [5.74, 6) is 0.387. The van der Waals surface area contributed by atoms with Crippen LogP contribution in [0.3, 0.4) is 0 Å². The van der Waals surface area contributed by atoms with Gasteiger partial charge in [-0.1, -0.05) is 45.7 Å². The second kappa shape index (κ2) is 10.7. The number of aliphatic imine (C=N–C) groups is 1. The molecule has 35 heavy (non-hydrogen) atoms. The van der Waals surface area contributed by atoms with Crippen molar-refractivity contribution in [1.82, 2.24) is 0 Å². The summed E-state index contributed by atoms with van der Waals surface area (Å²) in [6, 6.07) is 16.9. The number of ether oxygens (including phenoxy) is 3. The maximum absolute atomic E-state index is 12.4. The summed E-state index contributed by atoms with van der Waals surface area (Å²) in [7, 11) is 0. The highest BCUT2D eigenvalue weighted by atomic mass is 79.9. The number of non-ortho nitro benzene ring substituents is 1. The van der Waals surface area contributed by atoms with Gasteiger partial charge in [0.05, 0.1) is 22.1 Å². The highest BCUT2D eigenvalue weighted by Crippen LogP contribution is 2.32. The molecule has 0 radical (unpaired) electrons. The predicted molar refractivity (Wildman–Crippen MR) is 135 cm³/mol. The van der Waals surface area contributed by atoms with E-state index in [-0.39, 0.29) is 27.9 Å². The van der Waals surface area contributed by atoms with E-state index in [4.69, 9.17) is 25.8 Å². The van der Waals surface area contributed by atoms with Crippen molar-refractivity contribution in [2.75, 3.05) is 6.61 Å². The van der Waals surface area contributed by atoms with Gasteiger partial charge in [0.1, 0.15) is 6.61 Å². The number of carbonyl (C=O) groups is 1. The van der Waals surface area contributed by atoms with Gasteiger partial charge in [-0.05, 0) is 54.5 Å². The fraction of sp³-hybridized carbons (Fsp3) is 0.120. The standard InChI is InChI=1S/C25H18BrClN2O6/c1-2-33-23-12-15(6-9-22(23)34-14-16-4-3-5-17(26)10-16)11-21-25(30)35-24(28-21)19-8-7-18(29(31)32)13-20(19)27/h3-13H,2,14H2,1H3/b21-11-. The minimum Gasteiger partial charge on any atom is -0.490 e. The average Bonchev–Trinajstić information content (AvgIpc) is 3.18. The van der Waals surface area contributed by atoms with Crippen LogP contribution >= 0.6 is 27.5 Å². The molecule has 0 atom stereocenters. The first-order valence-corrected chi connectivity index (χ1v) is 11.6. The summed E-state index contributed by atoms with van der Waals surface area (Å²) in [5, 5.41) is 11.0. The Bertz CT molecular complexity index is 1370. The van der Waals surface area contributed by atoms with Crippen LogP contribution in [0.2, 0.25) is 5.02 Å². The molecular weight excluding hydrogens is 540 g/mol. The van der Waals surface area contributed by atoms with Gasteiger partial charge in [0.2, 0.25) is 5.90 Å². The van der Waals surface area contributed by atoms with Gasteiger partial charge in [0.25, 0.3) is 5.69 Å². The van der Waals surface area contributed by atoms with E-state index in [1.807, 2.05) is 31.2 Å². The van der Waals surface area contributed by atoms with E-state index >= 15 is 0 Å². The van der Waals surface area contributed by atoms with Crippen molar-refractivity contribution in [2.24, 2.45) is 4.99 Å². The monoisotopic (exact) mass is 556 g/mol. The fourth-order valence-electron chi connectivity index (χ4n) is 3.26. The van der Waals surface area contributed by atoms with Crippen molar-refractivity contribution in [3.63, 3.8) is 0 Å². The number of nitrogens with zero attached hydrogens (tertiary/aromatic N) is 2. The number of benzene rings is 3. The molecule has 0 unspecified atom stereocenters. The zero-order chi connectivity index (χ0) is 24.9. The Morgan fingerprint density at radius 3 is 2.66 bits per heavy atom. The molecule has 0 amide bonds. The predicted octanol–water partition coefficient (Wildman–Crippen LogP) is 6.33. The number of halogens is 2. The number of nitro benzene ring substituents is 1. The van der Waals surface area contributed by atoms with Gasteiger partial charge in [-0.3, -0.25) is 10.1 Å². The SMILES string of the molecule is CCOc1cc(/C=C2\N=C(c3ccc([N+](=O)[O-])cc3Cl)OC2=O)ccc1OCc1cccc(Br)c1. The second-order valence-electron chi connectivity index (χ2n) is 7.32. The van der Waals surface area contributed by atoms with Crippen molar-refractivity contribution < 1.29 is 23.9 Å². The lowest BCUT2D eigenvalue weighted by Gasteiger charge is -2.13. The molecule has 178 valence electrons. The molecule has 0 bridgehead atoms. The average molecular weight is 558 g/mol. The highest BCUT2D eigenvalue weighted by Gasteiger charge is 2.26. The summed E-state index contributed by atoms with van der Waals surface area (Å²) in [5.41, 5.74) is 1.80. The van der Waals surface area contributed by atoms with Crippen LogP contribution in [0.4, 0.5) is 5.69 Å². The van der Waals surface area contributed by atoms with Crippen molar-refractivity contribution in [3.05, 3.63) is 103 Å². The van der Waals surface area contributed by atoms with Crippen molar-refractivity contribution in [1.29, 1.82) is 0 Å². The fourth-order valence-corrected chi connectivity index (χ4v) is 3.97. The second-order valence-corrected chi connectivity index (χ2v) is 8.64. The minimum absolute atomic E-state index is 0.0276. The molecule has 3 aromatic carbocycles. The molecule has 0 saturated heterocycles. The third-order valence-electron chi connectivity index (χ3n) is 4.87. The minimum atomic E-state index is -0.664. The van der Waals surface area contributed by atoms with Gasteiger partial charge >= 0.3 is 5.97 Å². The Labute approximate surface area is 214 Å². The Morgan fingerprint density at radius 1 is 1.11 bits per heavy atom. The van der Waals surface area contributed by atoms with Crippen LogP contribution in [0.5, 0.6) is 11.5 Å². The quantitative estimate of drug-likeness (QED) is 0.139. The number of hydrogen-bond acceptors (Lipinski definition) is 7. The summed E-state index contributed by atoms with van der Waals surface area (Å²) in [6.07, 6.45) is 1.55. The molecular formula is C25H18BrClN2O6. The van der Waals surface area contributed by atoms with E-state index in [1.165, 1.54) is 18.2 Å². The van der Waals surface area contributed by atoms with Gasteiger partial charge in [-0.2, -0.15) is 0 Å². The van der Waals surface area contributed by atoms with Crippen LogP contribution < -0.4 is 9.47 Å². The van der Waals surface area contributed by atoms with Crippen LogP contribution in [0.25, 0.3) is 6.08 Å². The van der Waals surface area contributed by atoms with E-state index in [9.17, 15) is 14.9 Å².